The van der Waals surface area contributed by atoms with Gasteiger partial charge in [-0.25, -0.2) is 4.79 Å². The summed E-state index contributed by atoms with van der Waals surface area (Å²) in [4.78, 5) is 25.0. The first kappa shape index (κ1) is 16.1. The predicted octanol–water partition coefficient (Wildman–Crippen LogP) is 2.02. The number of urea groups is 1. The maximum Gasteiger partial charge on any atom is 0.317 e. The zero-order valence-corrected chi connectivity index (χ0v) is 12.8. The Balaban J connectivity index is 2.51. The lowest BCUT2D eigenvalue weighted by molar-refractivity contribution is -0.148. The molecule has 6 heteroatoms. The number of nitrogens with zero attached hydrogens (tertiary/aromatic N) is 1. The third-order valence-corrected chi connectivity index (χ3v) is 4.80. The fraction of sp³-hybridized carbons (Fsp3) is 0.846. The molecule has 1 rings (SSSR count). The van der Waals surface area contributed by atoms with E-state index in [2.05, 4.69) is 5.32 Å². The molecular weight excluding hydrogens is 264 g/mol. The van der Waals surface area contributed by atoms with Gasteiger partial charge >= 0.3 is 12.0 Å². The molecule has 2 amide bonds. The van der Waals surface area contributed by atoms with E-state index in [1.165, 1.54) is 0 Å². The molecule has 1 fully saturated rings. The molecule has 0 heterocycles. The summed E-state index contributed by atoms with van der Waals surface area (Å²) >= 11 is 1.69. The van der Waals surface area contributed by atoms with Crippen LogP contribution in [0.3, 0.4) is 0 Å². The van der Waals surface area contributed by atoms with Crippen molar-refractivity contribution in [2.45, 2.75) is 38.6 Å². The minimum Gasteiger partial charge on any atom is -0.481 e. The summed E-state index contributed by atoms with van der Waals surface area (Å²) in [6.07, 6.45) is 5.18. The lowest BCUT2D eigenvalue weighted by atomic mass is 9.86. The normalized spacial score (nSPS) is 18.9. The SMILES string of the molecule is CSCC(C)N(C)C(=O)NCC1(C(=O)O)CCCC1. The van der Waals surface area contributed by atoms with E-state index >= 15 is 0 Å². The van der Waals surface area contributed by atoms with E-state index in [-0.39, 0.29) is 18.6 Å². The molecule has 0 saturated heterocycles. The van der Waals surface area contributed by atoms with Crippen molar-refractivity contribution in [3.05, 3.63) is 0 Å². The fourth-order valence-electron chi connectivity index (χ4n) is 2.44. The first-order chi connectivity index (χ1) is 8.93. The summed E-state index contributed by atoms with van der Waals surface area (Å²) in [6.45, 7) is 2.22. The molecule has 19 heavy (non-hydrogen) atoms. The Morgan fingerprint density at radius 1 is 1.42 bits per heavy atom. The molecule has 0 aromatic heterocycles. The van der Waals surface area contributed by atoms with Gasteiger partial charge in [0.15, 0.2) is 0 Å². The molecule has 0 aromatic rings. The third kappa shape index (κ3) is 4.03. The van der Waals surface area contributed by atoms with Crippen LogP contribution in [0, 0.1) is 5.41 Å². The van der Waals surface area contributed by atoms with Gasteiger partial charge in [-0.1, -0.05) is 12.8 Å². The van der Waals surface area contributed by atoms with Crippen LogP contribution < -0.4 is 5.32 Å². The molecular formula is C13H24N2O3S. The maximum absolute atomic E-state index is 12.0. The molecule has 5 nitrogen and oxygen atoms in total. The lowest BCUT2D eigenvalue weighted by Gasteiger charge is -2.28. The van der Waals surface area contributed by atoms with Crippen molar-refractivity contribution in [1.82, 2.24) is 10.2 Å². The number of hydrogen-bond donors (Lipinski definition) is 2. The van der Waals surface area contributed by atoms with Crippen LogP contribution in [0.25, 0.3) is 0 Å². The third-order valence-electron chi connectivity index (χ3n) is 3.98. The number of amides is 2. The summed E-state index contributed by atoms with van der Waals surface area (Å²) in [6, 6.07) is -0.0477. The van der Waals surface area contributed by atoms with E-state index in [1.807, 2.05) is 13.2 Å². The van der Waals surface area contributed by atoms with Gasteiger partial charge in [-0.3, -0.25) is 4.79 Å². The average Bonchev–Trinajstić information content (AvgIpc) is 2.85. The van der Waals surface area contributed by atoms with Crippen LogP contribution in [0.4, 0.5) is 4.79 Å². The zero-order valence-electron chi connectivity index (χ0n) is 11.9. The topological polar surface area (TPSA) is 69.6 Å². The van der Waals surface area contributed by atoms with Crippen molar-refractivity contribution < 1.29 is 14.7 Å². The number of carbonyl (C=O) groups excluding carboxylic acids is 1. The molecule has 0 aromatic carbocycles. The van der Waals surface area contributed by atoms with Crippen LogP contribution in [0.2, 0.25) is 0 Å². The van der Waals surface area contributed by atoms with E-state index in [4.69, 9.17) is 0 Å². The standard InChI is InChI=1S/C13H24N2O3S/c1-10(8-19-3)15(2)12(18)14-9-13(11(16)17)6-4-5-7-13/h10H,4-9H2,1-3H3,(H,14,18)(H,16,17). The number of nitrogens with one attached hydrogen (secondary N) is 1. The quantitative estimate of drug-likeness (QED) is 0.784. The molecule has 1 unspecified atom stereocenters. The monoisotopic (exact) mass is 288 g/mol. The zero-order chi connectivity index (χ0) is 14.5. The van der Waals surface area contributed by atoms with Crippen LogP contribution in [0.1, 0.15) is 32.6 Å². The van der Waals surface area contributed by atoms with Crippen molar-refractivity contribution in [3.8, 4) is 0 Å². The second-order valence-electron chi connectivity index (χ2n) is 5.37. The van der Waals surface area contributed by atoms with Crippen molar-refractivity contribution in [1.29, 1.82) is 0 Å². The Labute approximate surface area is 119 Å². The van der Waals surface area contributed by atoms with Crippen molar-refractivity contribution >= 4 is 23.8 Å². The Kier molecular flexibility index (Phi) is 5.97. The minimum absolute atomic E-state index is 0.138. The highest BCUT2D eigenvalue weighted by Crippen LogP contribution is 2.37. The molecule has 1 aliphatic carbocycles. The predicted molar refractivity (Wildman–Crippen MR) is 77.5 cm³/mol. The van der Waals surface area contributed by atoms with E-state index in [0.717, 1.165) is 18.6 Å². The summed E-state index contributed by atoms with van der Waals surface area (Å²) < 4.78 is 0. The molecule has 0 bridgehead atoms. The minimum atomic E-state index is -0.787. The van der Waals surface area contributed by atoms with Gasteiger partial charge in [0.05, 0.1) is 5.41 Å². The molecule has 0 radical (unpaired) electrons. The summed E-state index contributed by atoms with van der Waals surface area (Å²) in [5.41, 5.74) is -0.751. The fourth-order valence-corrected chi connectivity index (χ4v) is 3.15. The Morgan fingerprint density at radius 3 is 2.47 bits per heavy atom. The molecule has 0 spiro atoms. The van der Waals surface area contributed by atoms with Crippen LogP contribution in [0.5, 0.6) is 0 Å². The van der Waals surface area contributed by atoms with Gasteiger partial charge in [0.25, 0.3) is 0 Å². The number of carboxylic acids is 1. The number of carbonyl (C=O) groups is 2. The number of thioether (sulfide) groups is 1. The second kappa shape index (κ2) is 7.03. The van der Waals surface area contributed by atoms with E-state index in [0.29, 0.717) is 12.8 Å². The van der Waals surface area contributed by atoms with Gasteiger partial charge < -0.3 is 15.3 Å². The van der Waals surface area contributed by atoms with E-state index < -0.39 is 11.4 Å². The lowest BCUT2D eigenvalue weighted by Crippen LogP contribution is -2.48. The van der Waals surface area contributed by atoms with E-state index in [1.54, 1.807) is 23.7 Å². The van der Waals surface area contributed by atoms with Gasteiger partial charge in [-0.2, -0.15) is 11.8 Å². The smallest absolute Gasteiger partial charge is 0.317 e. The van der Waals surface area contributed by atoms with Gasteiger partial charge in [0.1, 0.15) is 0 Å². The second-order valence-corrected chi connectivity index (χ2v) is 6.28. The molecule has 1 saturated carbocycles. The highest BCUT2D eigenvalue weighted by Gasteiger charge is 2.41. The van der Waals surface area contributed by atoms with Crippen LogP contribution >= 0.6 is 11.8 Å². The average molecular weight is 288 g/mol. The molecule has 2 N–H and O–H groups in total. The Bertz CT molecular complexity index is 330. The summed E-state index contributed by atoms with van der Waals surface area (Å²) in [5, 5.41) is 12.1. The molecule has 1 atom stereocenters. The van der Waals surface area contributed by atoms with Crippen LogP contribution in [-0.4, -0.2) is 53.6 Å². The largest absolute Gasteiger partial charge is 0.481 e. The van der Waals surface area contributed by atoms with Crippen LogP contribution in [-0.2, 0) is 4.79 Å². The summed E-state index contributed by atoms with van der Waals surface area (Å²) in [5.74, 6) is 0.0821. The van der Waals surface area contributed by atoms with Crippen LogP contribution in [0.15, 0.2) is 0 Å². The van der Waals surface area contributed by atoms with Crippen molar-refractivity contribution in [2.75, 3.05) is 25.6 Å². The molecule has 1 aliphatic rings. The van der Waals surface area contributed by atoms with E-state index in [9.17, 15) is 14.7 Å². The van der Waals surface area contributed by atoms with Gasteiger partial charge in [0.2, 0.25) is 0 Å². The number of carboxylic acid groups (broad SMARTS) is 1. The first-order valence-corrected chi connectivity index (χ1v) is 8.05. The number of rotatable bonds is 6. The maximum atomic E-state index is 12.0. The van der Waals surface area contributed by atoms with Gasteiger partial charge in [0, 0.05) is 25.4 Å². The first-order valence-electron chi connectivity index (χ1n) is 6.66. The Hall–Kier alpha value is -0.910. The van der Waals surface area contributed by atoms with Crippen molar-refractivity contribution in [2.24, 2.45) is 5.41 Å². The van der Waals surface area contributed by atoms with Gasteiger partial charge in [-0.15, -0.1) is 0 Å². The number of hydrogen-bond acceptors (Lipinski definition) is 3. The highest BCUT2D eigenvalue weighted by molar-refractivity contribution is 7.98. The molecule has 0 aliphatic heterocycles. The number of aliphatic carboxylic acids is 1. The molecule has 110 valence electrons. The Morgan fingerprint density at radius 2 is 2.00 bits per heavy atom. The highest BCUT2D eigenvalue weighted by atomic mass is 32.2. The van der Waals surface area contributed by atoms with Crippen molar-refractivity contribution in [3.63, 3.8) is 0 Å². The summed E-state index contributed by atoms with van der Waals surface area (Å²) in [7, 11) is 1.75. The van der Waals surface area contributed by atoms with Gasteiger partial charge in [-0.05, 0) is 26.0 Å².